The third-order valence-electron chi connectivity index (χ3n) is 4.41. The van der Waals surface area contributed by atoms with E-state index in [1.54, 1.807) is 6.92 Å². The zero-order valence-corrected chi connectivity index (χ0v) is 15.3. The Morgan fingerprint density at radius 2 is 2.12 bits per heavy atom. The number of thiophene rings is 1. The number of carbonyl (C=O) groups excluding carboxylic acids is 1. The number of halogens is 1. The number of ether oxygens (including phenoxy) is 1. The molecule has 7 heteroatoms. The first-order valence-electron chi connectivity index (χ1n) is 8.39. The van der Waals surface area contributed by atoms with Crippen molar-refractivity contribution < 1.29 is 9.53 Å². The van der Waals surface area contributed by atoms with Gasteiger partial charge >= 0.3 is 5.97 Å². The number of nitrogens with zero attached hydrogens (tertiary/aromatic N) is 1. The van der Waals surface area contributed by atoms with Crippen LogP contribution in [-0.2, 0) is 11.2 Å². The van der Waals surface area contributed by atoms with Gasteiger partial charge in [0.2, 0.25) is 0 Å². The molecule has 0 aliphatic heterocycles. The molecule has 1 aliphatic carbocycles. The van der Waals surface area contributed by atoms with Gasteiger partial charge in [0.1, 0.15) is 21.6 Å². The van der Waals surface area contributed by atoms with E-state index in [4.69, 9.17) is 16.3 Å². The van der Waals surface area contributed by atoms with Gasteiger partial charge in [0.05, 0.1) is 5.39 Å². The molecule has 0 radical (unpaired) electrons. The second kappa shape index (κ2) is 7.66. The van der Waals surface area contributed by atoms with E-state index in [-0.39, 0.29) is 17.6 Å². The smallest absolute Gasteiger partial charge is 0.348 e. The number of H-pyrrole nitrogens is 1. The zero-order chi connectivity index (χ0) is 17.1. The maximum Gasteiger partial charge on any atom is 0.348 e. The van der Waals surface area contributed by atoms with Gasteiger partial charge in [-0.25, -0.2) is 9.78 Å². The van der Waals surface area contributed by atoms with Gasteiger partial charge in [0.25, 0.3) is 5.56 Å². The number of carbonyl (C=O) groups is 1. The first-order valence-corrected chi connectivity index (χ1v) is 9.74. The monoisotopic (exact) mass is 368 g/mol. The average molecular weight is 369 g/mol. The van der Waals surface area contributed by atoms with Crippen LogP contribution in [0.2, 0.25) is 0 Å². The fourth-order valence-corrected chi connectivity index (χ4v) is 4.34. The van der Waals surface area contributed by atoms with Gasteiger partial charge in [-0.2, -0.15) is 0 Å². The molecule has 0 amide bonds. The average Bonchev–Trinajstić information content (AvgIpc) is 2.91. The molecule has 1 fully saturated rings. The number of aromatic nitrogens is 2. The highest BCUT2D eigenvalue weighted by Crippen LogP contribution is 2.29. The minimum absolute atomic E-state index is 0.00128. The van der Waals surface area contributed by atoms with Gasteiger partial charge in [-0.05, 0) is 44.6 Å². The number of aryl methyl sites for hydroxylation is 2. The number of nitrogens with one attached hydrogen (secondary N) is 1. The van der Waals surface area contributed by atoms with E-state index in [1.807, 2.05) is 0 Å². The Hall–Kier alpha value is -1.40. The predicted octanol–water partition coefficient (Wildman–Crippen LogP) is 3.95. The Balaban J connectivity index is 1.88. The number of alkyl halides is 1. The number of hydrogen-bond donors (Lipinski definition) is 1. The molecule has 24 heavy (non-hydrogen) atoms. The van der Waals surface area contributed by atoms with Crippen molar-refractivity contribution >= 4 is 39.1 Å². The molecule has 2 aromatic rings. The van der Waals surface area contributed by atoms with Crippen LogP contribution in [0.15, 0.2) is 4.79 Å². The Morgan fingerprint density at radius 1 is 1.38 bits per heavy atom. The molecular weight excluding hydrogens is 348 g/mol. The molecule has 2 aromatic heterocycles. The van der Waals surface area contributed by atoms with Crippen LogP contribution < -0.4 is 5.56 Å². The molecule has 2 heterocycles. The van der Waals surface area contributed by atoms with E-state index in [2.05, 4.69) is 9.97 Å². The van der Waals surface area contributed by atoms with Gasteiger partial charge in [-0.1, -0.05) is 6.42 Å². The highest BCUT2D eigenvalue weighted by Gasteiger charge is 2.24. The minimum Gasteiger partial charge on any atom is -0.458 e. The molecule has 1 saturated carbocycles. The Labute approximate surface area is 149 Å². The van der Waals surface area contributed by atoms with Crippen molar-refractivity contribution in [2.75, 3.05) is 5.88 Å². The predicted molar refractivity (Wildman–Crippen MR) is 96.3 cm³/mol. The SMILES string of the molecule is Cc1c(C(=O)OC2CCCCC2)sc2nc(CCCCl)[nH]c(=O)c12. The highest BCUT2D eigenvalue weighted by atomic mass is 35.5. The van der Waals surface area contributed by atoms with Crippen molar-refractivity contribution in [3.05, 3.63) is 26.6 Å². The van der Waals surface area contributed by atoms with Crippen molar-refractivity contribution in [3.8, 4) is 0 Å². The van der Waals surface area contributed by atoms with Gasteiger partial charge in [0.15, 0.2) is 0 Å². The molecule has 0 spiro atoms. The topological polar surface area (TPSA) is 72.0 Å². The standard InChI is InChI=1S/C17H21ClN2O3S/c1-10-13-15(21)19-12(8-5-9-18)20-16(13)24-14(10)17(22)23-11-6-3-2-4-7-11/h11H,2-9H2,1H3,(H,19,20,21). The Morgan fingerprint density at radius 3 is 2.83 bits per heavy atom. The van der Waals surface area contributed by atoms with Crippen molar-refractivity contribution in [2.24, 2.45) is 0 Å². The van der Waals surface area contributed by atoms with Crippen LogP contribution in [0.25, 0.3) is 10.2 Å². The molecular formula is C17H21ClN2O3S. The number of rotatable bonds is 5. The molecule has 0 atom stereocenters. The van der Waals surface area contributed by atoms with Crippen molar-refractivity contribution in [1.29, 1.82) is 0 Å². The summed E-state index contributed by atoms with van der Waals surface area (Å²) in [7, 11) is 0. The van der Waals surface area contributed by atoms with Gasteiger partial charge in [-0.15, -0.1) is 22.9 Å². The van der Waals surface area contributed by atoms with E-state index in [9.17, 15) is 9.59 Å². The van der Waals surface area contributed by atoms with Gasteiger partial charge in [0, 0.05) is 12.3 Å². The van der Waals surface area contributed by atoms with Crippen molar-refractivity contribution in [1.82, 2.24) is 9.97 Å². The molecule has 5 nitrogen and oxygen atoms in total. The first kappa shape index (κ1) is 17.4. The fourth-order valence-electron chi connectivity index (χ4n) is 3.12. The molecule has 0 saturated heterocycles. The summed E-state index contributed by atoms with van der Waals surface area (Å²) in [6.45, 7) is 1.78. The summed E-state index contributed by atoms with van der Waals surface area (Å²) in [5.74, 6) is 0.801. The summed E-state index contributed by atoms with van der Waals surface area (Å²) in [5, 5.41) is 0.491. The number of fused-ring (bicyclic) bond motifs is 1. The summed E-state index contributed by atoms with van der Waals surface area (Å²) in [5.41, 5.74) is 0.462. The minimum atomic E-state index is -0.330. The van der Waals surface area contributed by atoms with Crippen molar-refractivity contribution in [3.63, 3.8) is 0 Å². The molecule has 0 unspecified atom stereocenters. The van der Waals surface area contributed by atoms with Crippen LogP contribution in [0.5, 0.6) is 0 Å². The zero-order valence-electron chi connectivity index (χ0n) is 13.7. The first-order chi connectivity index (χ1) is 11.6. The lowest BCUT2D eigenvalue weighted by Crippen LogP contribution is -2.20. The van der Waals surface area contributed by atoms with Crippen molar-refractivity contribution in [2.45, 2.75) is 58.0 Å². The summed E-state index contributed by atoms with van der Waals surface area (Å²) in [4.78, 5) is 33.2. The molecule has 0 bridgehead atoms. The quantitative estimate of drug-likeness (QED) is 0.640. The summed E-state index contributed by atoms with van der Waals surface area (Å²) < 4.78 is 5.64. The van der Waals surface area contributed by atoms with E-state index in [0.717, 1.165) is 32.1 Å². The third-order valence-corrected chi connectivity index (χ3v) is 5.84. The van der Waals surface area contributed by atoms with Crippen LogP contribution in [0, 0.1) is 6.92 Å². The fraction of sp³-hybridized carbons (Fsp3) is 0.588. The lowest BCUT2D eigenvalue weighted by atomic mass is 9.98. The van der Waals surface area contributed by atoms with Crippen LogP contribution in [-0.4, -0.2) is 27.9 Å². The number of aromatic amines is 1. The van der Waals surface area contributed by atoms with E-state index < -0.39 is 0 Å². The lowest BCUT2D eigenvalue weighted by Gasteiger charge is -2.21. The molecule has 1 N–H and O–H groups in total. The Bertz CT molecular complexity index is 793. The largest absolute Gasteiger partial charge is 0.458 e. The number of esters is 1. The summed E-state index contributed by atoms with van der Waals surface area (Å²) in [6, 6.07) is 0. The summed E-state index contributed by atoms with van der Waals surface area (Å²) in [6.07, 6.45) is 6.64. The van der Waals surface area contributed by atoms with E-state index >= 15 is 0 Å². The molecule has 130 valence electrons. The van der Waals surface area contributed by atoms with E-state index in [0.29, 0.717) is 38.8 Å². The maximum atomic E-state index is 12.5. The molecule has 0 aromatic carbocycles. The summed E-state index contributed by atoms with van der Waals surface area (Å²) >= 11 is 6.94. The lowest BCUT2D eigenvalue weighted by molar-refractivity contribution is 0.0216. The van der Waals surface area contributed by atoms with Gasteiger partial charge < -0.3 is 9.72 Å². The number of hydrogen-bond acceptors (Lipinski definition) is 5. The highest BCUT2D eigenvalue weighted by molar-refractivity contribution is 7.20. The molecule has 3 rings (SSSR count). The maximum absolute atomic E-state index is 12.5. The van der Waals surface area contributed by atoms with E-state index in [1.165, 1.54) is 17.8 Å². The normalized spacial score (nSPS) is 15.8. The second-order valence-corrected chi connectivity index (χ2v) is 7.58. The van der Waals surface area contributed by atoms with Crippen LogP contribution in [0.4, 0.5) is 0 Å². The van der Waals surface area contributed by atoms with Crippen LogP contribution in [0.3, 0.4) is 0 Å². The second-order valence-electron chi connectivity index (χ2n) is 6.21. The van der Waals surface area contributed by atoms with Crippen LogP contribution in [0.1, 0.15) is 59.6 Å². The van der Waals surface area contributed by atoms with Crippen LogP contribution >= 0.6 is 22.9 Å². The van der Waals surface area contributed by atoms with Gasteiger partial charge in [-0.3, -0.25) is 4.79 Å². The molecule has 1 aliphatic rings. The Kier molecular flexibility index (Phi) is 5.56. The third kappa shape index (κ3) is 3.64.